The lowest BCUT2D eigenvalue weighted by Crippen LogP contribution is -2.14. The zero-order chi connectivity index (χ0) is 11.2. The second-order valence-electron chi connectivity index (χ2n) is 4.08. The van der Waals surface area contributed by atoms with Crippen molar-refractivity contribution in [3.8, 4) is 5.75 Å². The van der Waals surface area contributed by atoms with E-state index in [-0.39, 0.29) is 6.61 Å². The highest BCUT2D eigenvalue weighted by Crippen LogP contribution is 2.23. The van der Waals surface area contributed by atoms with Gasteiger partial charge in [0.05, 0.1) is 0 Å². The average molecular weight is 238 g/mol. The fourth-order valence-corrected chi connectivity index (χ4v) is 2.95. The van der Waals surface area contributed by atoms with E-state index in [2.05, 4.69) is 12.1 Å². The lowest BCUT2D eigenvalue weighted by atomic mass is 10.1. The van der Waals surface area contributed by atoms with Crippen molar-refractivity contribution in [2.24, 2.45) is 0 Å². The molecule has 16 heavy (non-hydrogen) atoms. The van der Waals surface area contributed by atoms with Crippen molar-refractivity contribution < 1.29 is 9.84 Å². The Balaban J connectivity index is 1.92. The van der Waals surface area contributed by atoms with Crippen LogP contribution in [0.1, 0.15) is 18.4 Å². The van der Waals surface area contributed by atoms with Gasteiger partial charge in [0, 0.05) is 12.4 Å². The first kappa shape index (κ1) is 11.8. The van der Waals surface area contributed by atoms with Gasteiger partial charge in [-0.3, -0.25) is 0 Å². The summed E-state index contributed by atoms with van der Waals surface area (Å²) in [6.07, 6.45) is 3.29. The van der Waals surface area contributed by atoms with Gasteiger partial charge in [-0.1, -0.05) is 12.1 Å². The third-order valence-corrected chi connectivity index (χ3v) is 3.84. The van der Waals surface area contributed by atoms with E-state index < -0.39 is 0 Å². The van der Waals surface area contributed by atoms with Crippen LogP contribution in [0.2, 0.25) is 0 Å². The highest BCUT2D eigenvalue weighted by molar-refractivity contribution is 7.99. The van der Waals surface area contributed by atoms with Crippen molar-refractivity contribution in [2.75, 3.05) is 18.1 Å². The molecule has 1 aliphatic heterocycles. The molecule has 1 aromatic rings. The highest BCUT2D eigenvalue weighted by atomic mass is 32.2. The van der Waals surface area contributed by atoms with Gasteiger partial charge >= 0.3 is 0 Å². The largest absolute Gasteiger partial charge is 0.490 e. The van der Waals surface area contributed by atoms with Crippen molar-refractivity contribution >= 4 is 11.8 Å². The van der Waals surface area contributed by atoms with E-state index >= 15 is 0 Å². The summed E-state index contributed by atoms with van der Waals surface area (Å²) >= 11 is 1.96. The summed E-state index contributed by atoms with van der Waals surface area (Å²) in [6.45, 7) is 0.254. The molecule has 0 aromatic heterocycles. The van der Waals surface area contributed by atoms with Crippen LogP contribution < -0.4 is 4.74 Å². The van der Waals surface area contributed by atoms with Gasteiger partial charge in [-0.2, -0.15) is 11.8 Å². The maximum absolute atomic E-state index is 8.79. The second-order valence-corrected chi connectivity index (χ2v) is 5.23. The molecule has 1 saturated heterocycles. The molecule has 0 amide bonds. The Morgan fingerprint density at radius 1 is 1.44 bits per heavy atom. The fourth-order valence-electron chi connectivity index (χ4n) is 1.86. The molecule has 1 aromatic carbocycles. The molecule has 0 saturated carbocycles. The van der Waals surface area contributed by atoms with Crippen LogP contribution in [0.3, 0.4) is 0 Å². The second kappa shape index (κ2) is 6.16. The fraction of sp³-hybridized carbons (Fsp3) is 0.538. The predicted octanol–water partition coefficient (Wildman–Crippen LogP) is 2.50. The van der Waals surface area contributed by atoms with Crippen molar-refractivity contribution in [3.63, 3.8) is 0 Å². The molecule has 0 radical (unpaired) electrons. The minimum absolute atomic E-state index is 0.254. The van der Waals surface area contributed by atoms with Crippen LogP contribution in [0.5, 0.6) is 5.75 Å². The van der Waals surface area contributed by atoms with Gasteiger partial charge in [0.2, 0.25) is 0 Å². The third-order valence-electron chi connectivity index (χ3n) is 2.71. The van der Waals surface area contributed by atoms with E-state index in [9.17, 15) is 0 Å². The SMILES string of the molecule is OCCCc1cccc(OC2CCSC2)c1. The lowest BCUT2D eigenvalue weighted by Gasteiger charge is -2.13. The van der Waals surface area contributed by atoms with Crippen LogP contribution in [0.15, 0.2) is 24.3 Å². The summed E-state index contributed by atoms with van der Waals surface area (Å²) in [5.74, 6) is 3.30. The molecule has 0 aliphatic carbocycles. The summed E-state index contributed by atoms with van der Waals surface area (Å²) in [6, 6.07) is 8.24. The molecule has 0 spiro atoms. The Morgan fingerprint density at radius 3 is 3.12 bits per heavy atom. The van der Waals surface area contributed by atoms with Crippen LogP contribution >= 0.6 is 11.8 Å². The minimum Gasteiger partial charge on any atom is -0.490 e. The van der Waals surface area contributed by atoms with E-state index in [1.807, 2.05) is 23.9 Å². The molecule has 2 rings (SSSR count). The molecule has 2 nitrogen and oxygen atoms in total. The number of aryl methyl sites for hydroxylation is 1. The number of ether oxygens (including phenoxy) is 1. The first-order chi connectivity index (χ1) is 7.88. The number of thioether (sulfide) groups is 1. The number of aliphatic hydroxyl groups excluding tert-OH is 1. The van der Waals surface area contributed by atoms with E-state index in [1.54, 1.807) is 0 Å². The van der Waals surface area contributed by atoms with Gasteiger partial charge in [-0.05, 0) is 42.7 Å². The van der Waals surface area contributed by atoms with E-state index in [4.69, 9.17) is 9.84 Å². The molecular formula is C13H18O2S. The van der Waals surface area contributed by atoms with Crippen molar-refractivity contribution in [1.29, 1.82) is 0 Å². The Kier molecular flexibility index (Phi) is 4.55. The summed E-state index contributed by atoms with van der Waals surface area (Å²) in [5, 5.41) is 8.79. The molecule has 1 atom stereocenters. The summed E-state index contributed by atoms with van der Waals surface area (Å²) < 4.78 is 5.91. The third kappa shape index (κ3) is 3.42. The topological polar surface area (TPSA) is 29.5 Å². The van der Waals surface area contributed by atoms with Crippen molar-refractivity contribution in [2.45, 2.75) is 25.4 Å². The molecule has 1 N–H and O–H groups in total. The van der Waals surface area contributed by atoms with Crippen LogP contribution in [0.25, 0.3) is 0 Å². The van der Waals surface area contributed by atoms with Gasteiger partial charge in [0.1, 0.15) is 11.9 Å². The van der Waals surface area contributed by atoms with Crippen molar-refractivity contribution in [3.05, 3.63) is 29.8 Å². The summed E-state index contributed by atoms with van der Waals surface area (Å²) in [7, 11) is 0. The first-order valence-corrected chi connectivity index (χ1v) is 6.98. The Labute approximate surface area is 101 Å². The van der Waals surface area contributed by atoms with Gasteiger partial charge in [-0.25, -0.2) is 0 Å². The number of benzene rings is 1. The standard InChI is InChI=1S/C13H18O2S/c14-7-2-4-11-3-1-5-12(9-11)15-13-6-8-16-10-13/h1,3,5,9,13-14H,2,4,6-8,10H2. The van der Waals surface area contributed by atoms with Gasteiger partial charge in [0.25, 0.3) is 0 Å². The predicted molar refractivity (Wildman–Crippen MR) is 68.2 cm³/mol. The molecule has 3 heteroatoms. The maximum atomic E-state index is 8.79. The van der Waals surface area contributed by atoms with E-state index in [0.29, 0.717) is 6.10 Å². The lowest BCUT2D eigenvalue weighted by molar-refractivity contribution is 0.229. The van der Waals surface area contributed by atoms with Crippen LogP contribution in [0, 0.1) is 0 Å². The monoisotopic (exact) mass is 238 g/mol. The molecule has 0 bridgehead atoms. The summed E-state index contributed by atoms with van der Waals surface area (Å²) in [5.41, 5.74) is 1.25. The van der Waals surface area contributed by atoms with Crippen LogP contribution in [-0.4, -0.2) is 29.3 Å². The molecule has 1 fully saturated rings. The highest BCUT2D eigenvalue weighted by Gasteiger charge is 2.16. The number of rotatable bonds is 5. The quantitative estimate of drug-likeness (QED) is 0.854. The molecular weight excluding hydrogens is 220 g/mol. The number of aliphatic hydroxyl groups is 1. The smallest absolute Gasteiger partial charge is 0.120 e. The zero-order valence-corrected chi connectivity index (χ0v) is 10.2. The van der Waals surface area contributed by atoms with Crippen LogP contribution in [-0.2, 0) is 6.42 Å². The Morgan fingerprint density at radius 2 is 2.38 bits per heavy atom. The zero-order valence-electron chi connectivity index (χ0n) is 9.39. The molecule has 88 valence electrons. The maximum Gasteiger partial charge on any atom is 0.120 e. The van der Waals surface area contributed by atoms with Gasteiger partial charge in [-0.15, -0.1) is 0 Å². The molecule has 1 aliphatic rings. The van der Waals surface area contributed by atoms with Gasteiger partial charge in [0.15, 0.2) is 0 Å². The first-order valence-electron chi connectivity index (χ1n) is 5.82. The minimum atomic E-state index is 0.254. The molecule has 1 unspecified atom stereocenters. The van der Waals surface area contributed by atoms with Gasteiger partial charge < -0.3 is 9.84 Å². The average Bonchev–Trinajstić information content (AvgIpc) is 2.80. The van der Waals surface area contributed by atoms with Crippen molar-refractivity contribution in [1.82, 2.24) is 0 Å². The number of hydrogen-bond donors (Lipinski definition) is 1. The normalized spacial score (nSPS) is 19.9. The summed E-state index contributed by atoms with van der Waals surface area (Å²) in [4.78, 5) is 0. The van der Waals surface area contributed by atoms with E-state index in [0.717, 1.165) is 30.8 Å². The Bertz CT molecular complexity index is 321. The van der Waals surface area contributed by atoms with Crippen LogP contribution in [0.4, 0.5) is 0 Å². The molecule has 1 heterocycles. The number of hydrogen-bond acceptors (Lipinski definition) is 3. The van der Waals surface area contributed by atoms with E-state index in [1.165, 1.54) is 11.3 Å². The Hall–Kier alpha value is -0.670.